The van der Waals surface area contributed by atoms with Gasteiger partial charge in [-0.25, -0.2) is 0 Å². The molecule has 0 saturated heterocycles. The predicted molar refractivity (Wildman–Crippen MR) is 89.8 cm³/mol. The zero-order valence-electron chi connectivity index (χ0n) is 13.8. The molecular weight excluding hydrogens is 262 g/mol. The van der Waals surface area contributed by atoms with Crippen LogP contribution >= 0.6 is 0 Å². The summed E-state index contributed by atoms with van der Waals surface area (Å²) in [5, 5.41) is 0. The van der Waals surface area contributed by atoms with E-state index < -0.39 is 8.24 Å². The molecule has 110 valence electrons. The minimum Gasteiger partial charge on any atom is -0.496 e. The van der Waals surface area contributed by atoms with Crippen molar-refractivity contribution in [1.29, 1.82) is 0 Å². The summed E-state index contributed by atoms with van der Waals surface area (Å²) in [5.74, 6) is 0.991. The minimum atomic E-state index is -1.63. The van der Waals surface area contributed by atoms with Gasteiger partial charge in [0, 0.05) is 16.6 Å². The zero-order chi connectivity index (χ0) is 15.1. The maximum absolute atomic E-state index is 5.52. The fourth-order valence-corrected chi connectivity index (χ4v) is 8.03. The Balaban J connectivity index is 2.44. The summed E-state index contributed by atoms with van der Waals surface area (Å²) in [6.45, 7) is 13.9. The van der Waals surface area contributed by atoms with Crippen molar-refractivity contribution in [3.63, 3.8) is 0 Å². The Hall–Kier alpha value is -1.06. The van der Waals surface area contributed by atoms with Crippen LogP contribution in [0, 0.1) is 0 Å². The first-order chi connectivity index (χ1) is 9.15. The smallest absolute Gasteiger partial charge is 0.131 e. The van der Waals surface area contributed by atoms with Gasteiger partial charge >= 0.3 is 0 Å². The lowest BCUT2D eigenvalue weighted by Crippen LogP contribution is -2.58. The van der Waals surface area contributed by atoms with Crippen molar-refractivity contribution in [2.45, 2.75) is 51.9 Å². The fraction of sp³-hybridized carbons (Fsp3) is 0.529. The molecule has 2 nitrogen and oxygen atoms in total. The van der Waals surface area contributed by atoms with E-state index in [1.54, 1.807) is 7.11 Å². The highest BCUT2D eigenvalue weighted by atomic mass is 28.3. The van der Waals surface area contributed by atoms with Crippen molar-refractivity contribution in [1.82, 2.24) is 4.98 Å². The summed E-state index contributed by atoms with van der Waals surface area (Å²) in [6.07, 6.45) is 2.30. The summed E-state index contributed by atoms with van der Waals surface area (Å²) in [5.41, 5.74) is 4.83. The molecule has 3 heteroatoms. The predicted octanol–water partition coefficient (Wildman–Crippen LogP) is 4.33. The Morgan fingerprint density at radius 3 is 2.40 bits per heavy atom. The topological polar surface area (TPSA) is 21.3 Å². The normalized spacial score (nSPS) is 18.8. The molecule has 1 N–H and O–H groups in total. The van der Waals surface area contributed by atoms with E-state index in [9.17, 15) is 0 Å². The van der Waals surface area contributed by atoms with Crippen LogP contribution in [0.1, 0.15) is 44.4 Å². The zero-order valence-corrected chi connectivity index (χ0v) is 14.8. The van der Waals surface area contributed by atoms with Crippen LogP contribution in [0.2, 0.25) is 13.1 Å². The Labute approximate surface area is 124 Å². The van der Waals surface area contributed by atoms with E-state index in [4.69, 9.17) is 4.74 Å². The van der Waals surface area contributed by atoms with Crippen LogP contribution in [-0.2, 0) is 0 Å². The molecule has 0 bridgehead atoms. The molecule has 0 amide bonds. The van der Waals surface area contributed by atoms with Crippen LogP contribution < -0.4 is 9.72 Å². The summed E-state index contributed by atoms with van der Waals surface area (Å²) < 4.78 is 5.52. The number of ether oxygens (including phenoxy) is 1. The monoisotopic (exact) mass is 289 g/mol. The molecule has 2 rings (SSSR count). The van der Waals surface area contributed by atoms with E-state index in [0.29, 0.717) is 5.54 Å². The van der Waals surface area contributed by atoms with Crippen molar-refractivity contribution in [3.8, 4) is 5.75 Å². The van der Waals surface area contributed by atoms with E-state index in [1.807, 2.05) is 0 Å². The highest BCUT2D eigenvalue weighted by Gasteiger charge is 2.40. The lowest BCUT2D eigenvalue weighted by molar-refractivity contribution is 0.413. The molecule has 20 heavy (non-hydrogen) atoms. The molecule has 1 aliphatic rings. The van der Waals surface area contributed by atoms with Crippen molar-refractivity contribution >= 4 is 14.3 Å². The van der Waals surface area contributed by atoms with E-state index in [-0.39, 0.29) is 5.54 Å². The molecule has 0 aliphatic heterocycles. The highest BCUT2D eigenvalue weighted by Crippen LogP contribution is 2.44. The average Bonchev–Trinajstić information content (AvgIpc) is 2.61. The number of fused-ring (bicyclic) bond motifs is 1. The first kappa shape index (κ1) is 15.3. The molecule has 1 unspecified atom stereocenters. The van der Waals surface area contributed by atoms with Gasteiger partial charge in [-0.2, -0.15) is 0 Å². The van der Waals surface area contributed by atoms with Gasteiger partial charge in [-0.15, -0.1) is 0 Å². The molecule has 0 heterocycles. The summed E-state index contributed by atoms with van der Waals surface area (Å²) in [7, 11) is 0.123. The van der Waals surface area contributed by atoms with Gasteiger partial charge in [0.05, 0.1) is 7.11 Å². The number of rotatable bonds is 3. The molecular formula is C17H27NOSi. The third-order valence-corrected chi connectivity index (χ3v) is 7.48. The second kappa shape index (κ2) is 5.04. The molecule has 1 atom stereocenters. The molecule has 0 fully saturated rings. The van der Waals surface area contributed by atoms with Crippen molar-refractivity contribution in [3.05, 3.63) is 34.9 Å². The second-order valence-electron chi connectivity index (χ2n) is 7.38. The first-order valence-electron chi connectivity index (χ1n) is 7.30. The Morgan fingerprint density at radius 1 is 1.20 bits per heavy atom. The van der Waals surface area contributed by atoms with Gasteiger partial charge in [0.15, 0.2) is 0 Å². The molecule has 1 aliphatic carbocycles. The Morgan fingerprint density at radius 2 is 1.85 bits per heavy atom. The van der Waals surface area contributed by atoms with Crippen molar-refractivity contribution < 1.29 is 4.74 Å². The van der Waals surface area contributed by atoms with Crippen LogP contribution in [0.3, 0.4) is 0 Å². The van der Waals surface area contributed by atoms with Gasteiger partial charge in [-0.1, -0.05) is 36.9 Å². The lowest BCUT2D eigenvalue weighted by atomic mass is 10.1. The third-order valence-electron chi connectivity index (χ3n) is 3.88. The van der Waals surface area contributed by atoms with Gasteiger partial charge in [0.2, 0.25) is 0 Å². The van der Waals surface area contributed by atoms with Gasteiger partial charge in [0.1, 0.15) is 14.0 Å². The number of methoxy groups -OCH3 is 1. The van der Waals surface area contributed by atoms with E-state index in [2.05, 4.69) is 70.0 Å². The summed E-state index contributed by atoms with van der Waals surface area (Å²) in [4.78, 5) is 3.90. The number of allylic oxidation sites excluding steroid dienone is 1. The molecule has 1 aromatic rings. The largest absolute Gasteiger partial charge is 0.496 e. The molecule has 0 spiro atoms. The van der Waals surface area contributed by atoms with Gasteiger partial charge in [-0.05, 0) is 39.3 Å². The van der Waals surface area contributed by atoms with Crippen LogP contribution in [0.25, 0.3) is 6.08 Å². The third kappa shape index (κ3) is 2.84. The van der Waals surface area contributed by atoms with E-state index in [1.165, 1.54) is 16.7 Å². The molecule has 1 aromatic carbocycles. The van der Waals surface area contributed by atoms with Crippen LogP contribution in [0.15, 0.2) is 23.8 Å². The van der Waals surface area contributed by atoms with Crippen molar-refractivity contribution in [2.24, 2.45) is 0 Å². The van der Waals surface area contributed by atoms with Gasteiger partial charge < -0.3 is 9.72 Å². The highest BCUT2D eigenvalue weighted by molar-refractivity contribution is 6.77. The Bertz CT molecular complexity index is 540. The van der Waals surface area contributed by atoms with Crippen LogP contribution in [-0.4, -0.2) is 20.9 Å². The SMILES string of the molecule is COc1cccc2c1C=C(C)C2[Si](C)(C)NC(C)(C)C. The van der Waals surface area contributed by atoms with Gasteiger partial charge in [-0.3, -0.25) is 0 Å². The Kier molecular flexibility index (Phi) is 3.87. The van der Waals surface area contributed by atoms with E-state index in [0.717, 1.165) is 5.75 Å². The number of nitrogens with one attached hydrogen (secondary N) is 1. The first-order valence-corrected chi connectivity index (χ1v) is 10.4. The second-order valence-corrected chi connectivity index (χ2v) is 11.7. The number of benzene rings is 1. The average molecular weight is 289 g/mol. The molecule has 0 saturated carbocycles. The standard InChI is InChI=1S/C17H27NOSi/c1-12-11-14-13(9-8-10-15(14)19-5)16(12)20(6,7)18-17(2,3)4/h8-11,16,18H,1-7H3. The lowest BCUT2D eigenvalue weighted by Gasteiger charge is -2.39. The number of hydrogen-bond donors (Lipinski definition) is 1. The quantitative estimate of drug-likeness (QED) is 0.836. The summed E-state index contributed by atoms with van der Waals surface area (Å²) in [6, 6.07) is 6.42. The molecule has 0 aromatic heterocycles. The molecule has 0 radical (unpaired) electrons. The van der Waals surface area contributed by atoms with Crippen LogP contribution in [0.5, 0.6) is 5.75 Å². The van der Waals surface area contributed by atoms with Crippen LogP contribution in [0.4, 0.5) is 0 Å². The maximum Gasteiger partial charge on any atom is 0.131 e. The summed E-state index contributed by atoms with van der Waals surface area (Å²) >= 11 is 0. The van der Waals surface area contributed by atoms with Crippen molar-refractivity contribution in [2.75, 3.05) is 7.11 Å². The van der Waals surface area contributed by atoms with Gasteiger partial charge in [0.25, 0.3) is 0 Å². The van der Waals surface area contributed by atoms with E-state index >= 15 is 0 Å². The fourth-order valence-electron chi connectivity index (χ4n) is 3.70. The minimum absolute atomic E-state index is 0.150. The maximum atomic E-state index is 5.52. The number of hydrogen-bond acceptors (Lipinski definition) is 2.